The first-order chi connectivity index (χ1) is 9.11. The van der Waals surface area contributed by atoms with Gasteiger partial charge in [0.25, 0.3) is 0 Å². The first kappa shape index (κ1) is 13.7. The zero-order valence-electron chi connectivity index (χ0n) is 10.9. The largest absolute Gasteiger partial charge is 0.478 e. The Morgan fingerprint density at radius 2 is 2.21 bits per heavy atom. The Morgan fingerprint density at radius 1 is 1.47 bits per heavy atom. The molecule has 5 heteroatoms. The molecule has 2 N–H and O–H groups in total. The molecule has 1 unspecified atom stereocenters. The van der Waals surface area contributed by atoms with Gasteiger partial charge in [0.05, 0.1) is 5.52 Å². The number of nitrogens with zero attached hydrogens (tertiary/aromatic N) is 1. The van der Waals surface area contributed by atoms with Crippen LogP contribution in [0.5, 0.6) is 0 Å². The summed E-state index contributed by atoms with van der Waals surface area (Å²) < 4.78 is 0. The van der Waals surface area contributed by atoms with Gasteiger partial charge in [-0.05, 0) is 18.4 Å². The van der Waals surface area contributed by atoms with Gasteiger partial charge in [-0.25, -0.2) is 9.78 Å². The van der Waals surface area contributed by atoms with Crippen LogP contribution in [0, 0.1) is 0 Å². The summed E-state index contributed by atoms with van der Waals surface area (Å²) in [6.07, 6.45) is 2.03. The van der Waals surface area contributed by atoms with Crippen LogP contribution >= 0.6 is 11.8 Å². The molecule has 0 aliphatic rings. The van der Waals surface area contributed by atoms with Gasteiger partial charge >= 0.3 is 5.97 Å². The quantitative estimate of drug-likeness (QED) is 0.878. The SMILES string of the molecule is CSC(C)CNc1nc2ccccc2cc1C(=O)O. The van der Waals surface area contributed by atoms with Crippen molar-refractivity contribution in [1.82, 2.24) is 4.98 Å². The van der Waals surface area contributed by atoms with Crippen LogP contribution in [-0.2, 0) is 0 Å². The minimum atomic E-state index is -0.961. The lowest BCUT2D eigenvalue weighted by atomic mass is 10.1. The van der Waals surface area contributed by atoms with Gasteiger partial charge in [0, 0.05) is 17.2 Å². The first-order valence-corrected chi connectivity index (χ1v) is 7.30. The summed E-state index contributed by atoms with van der Waals surface area (Å²) in [7, 11) is 0. The third-order valence-electron chi connectivity index (χ3n) is 2.91. The monoisotopic (exact) mass is 276 g/mol. The Labute approximate surface area is 116 Å². The fourth-order valence-corrected chi connectivity index (χ4v) is 1.99. The van der Waals surface area contributed by atoms with E-state index in [1.807, 2.05) is 30.5 Å². The fraction of sp³-hybridized carbons (Fsp3) is 0.286. The summed E-state index contributed by atoms with van der Waals surface area (Å²) in [5.74, 6) is -0.523. The van der Waals surface area contributed by atoms with Gasteiger partial charge in [0.1, 0.15) is 11.4 Å². The molecule has 0 spiro atoms. The minimum absolute atomic E-state index is 0.215. The van der Waals surface area contributed by atoms with E-state index >= 15 is 0 Å². The van der Waals surface area contributed by atoms with Gasteiger partial charge in [-0.2, -0.15) is 11.8 Å². The lowest BCUT2D eigenvalue weighted by Crippen LogP contribution is -2.16. The third kappa shape index (κ3) is 3.17. The molecular weight excluding hydrogens is 260 g/mol. The van der Waals surface area contributed by atoms with Crippen molar-refractivity contribution in [3.63, 3.8) is 0 Å². The molecule has 0 saturated carbocycles. The molecule has 0 aliphatic carbocycles. The second-order valence-corrected chi connectivity index (χ2v) is 5.59. The van der Waals surface area contributed by atoms with Crippen molar-refractivity contribution in [3.05, 3.63) is 35.9 Å². The molecule has 0 amide bonds. The molecule has 2 rings (SSSR count). The predicted molar refractivity (Wildman–Crippen MR) is 80.2 cm³/mol. The highest BCUT2D eigenvalue weighted by Crippen LogP contribution is 2.21. The fourth-order valence-electron chi connectivity index (χ4n) is 1.74. The van der Waals surface area contributed by atoms with Gasteiger partial charge in [-0.15, -0.1) is 0 Å². The summed E-state index contributed by atoms with van der Waals surface area (Å²) in [5.41, 5.74) is 1.01. The Bertz CT molecular complexity index is 601. The van der Waals surface area contributed by atoms with Crippen molar-refractivity contribution in [1.29, 1.82) is 0 Å². The standard InChI is InChI=1S/C14H16N2O2S/c1-9(19-2)8-15-13-11(14(17)18)7-10-5-3-4-6-12(10)16-13/h3-7,9H,8H2,1-2H3,(H,15,16)(H,17,18). The number of thioether (sulfide) groups is 1. The van der Waals surface area contributed by atoms with Gasteiger partial charge in [0.15, 0.2) is 0 Å². The van der Waals surface area contributed by atoms with E-state index in [1.54, 1.807) is 17.8 Å². The van der Waals surface area contributed by atoms with Crippen LogP contribution in [0.4, 0.5) is 5.82 Å². The van der Waals surface area contributed by atoms with Crippen molar-refractivity contribution in [3.8, 4) is 0 Å². The first-order valence-electron chi connectivity index (χ1n) is 6.01. The van der Waals surface area contributed by atoms with Gasteiger partial charge in [0.2, 0.25) is 0 Å². The lowest BCUT2D eigenvalue weighted by Gasteiger charge is -2.13. The Balaban J connectivity index is 2.39. The number of para-hydroxylation sites is 1. The number of benzene rings is 1. The molecule has 0 bridgehead atoms. The van der Waals surface area contributed by atoms with Gasteiger partial charge in [-0.1, -0.05) is 25.1 Å². The average Bonchev–Trinajstić information content (AvgIpc) is 2.43. The molecule has 1 aromatic carbocycles. The number of aromatic carboxylic acids is 1. The molecule has 0 aliphatic heterocycles. The maximum absolute atomic E-state index is 11.3. The Morgan fingerprint density at radius 3 is 2.89 bits per heavy atom. The van der Waals surface area contributed by atoms with E-state index in [0.717, 1.165) is 10.9 Å². The van der Waals surface area contributed by atoms with Crippen LogP contribution in [0.15, 0.2) is 30.3 Å². The number of fused-ring (bicyclic) bond motifs is 1. The second-order valence-electron chi connectivity index (χ2n) is 4.31. The molecule has 1 aromatic heterocycles. The Hall–Kier alpha value is -1.75. The summed E-state index contributed by atoms with van der Waals surface area (Å²) in [5, 5.41) is 13.6. The van der Waals surface area contributed by atoms with Crippen molar-refractivity contribution < 1.29 is 9.90 Å². The van der Waals surface area contributed by atoms with Crippen LogP contribution in [-0.4, -0.2) is 34.1 Å². The molecule has 2 aromatic rings. The van der Waals surface area contributed by atoms with E-state index in [9.17, 15) is 9.90 Å². The Kier molecular flexibility index (Phi) is 4.27. The van der Waals surface area contributed by atoms with E-state index < -0.39 is 5.97 Å². The van der Waals surface area contributed by atoms with Gasteiger partial charge in [-0.3, -0.25) is 0 Å². The molecule has 0 saturated heterocycles. The number of pyridine rings is 1. The van der Waals surface area contributed by atoms with Crippen molar-refractivity contribution in [2.75, 3.05) is 18.1 Å². The third-order valence-corrected chi connectivity index (χ3v) is 3.89. The van der Waals surface area contributed by atoms with Crippen LogP contribution in [0.25, 0.3) is 10.9 Å². The molecule has 0 radical (unpaired) electrons. The average molecular weight is 276 g/mol. The minimum Gasteiger partial charge on any atom is -0.478 e. The molecule has 0 fully saturated rings. The highest BCUT2D eigenvalue weighted by Gasteiger charge is 2.13. The van der Waals surface area contributed by atoms with E-state index in [-0.39, 0.29) is 5.56 Å². The number of hydrogen-bond acceptors (Lipinski definition) is 4. The number of carbonyl (C=O) groups is 1. The maximum atomic E-state index is 11.3. The topological polar surface area (TPSA) is 62.2 Å². The van der Waals surface area contributed by atoms with E-state index in [0.29, 0.717) is 17.6 Å². The number of carboxylic acid groups (broad SMARTS) is 1. The van der Waals surface area contributed by atoms with Crippen LogP contribution in [0.1, 0.15) is 17.3 Å². The highest BCUT2D eigenvalue weighted by atomic mass is 32.2. The molecule has 1 atom stereocenters. The van der Waals surface area contributed by atoms with E-state index in [1.165, 1.54) is 0 Å². The molecule has 19 heavy (non-hydrogen) atoms. The number of carboxylic acids is 1. The number of nitrogens with one attached hydrogen (secondary N) is 1. The molecule has 100 valence electrons. The van der Waals surface area contributed by atoms with Crippen molar-refractivity contribution in [2.45, 2.75) is 12.2 Å². The van der Waals surface area contributed by atoms with Crippen LogP contribution in [0.3, 0.4) is 0 Å². The normalized spacial score (nSPS) is 12.3. The van der Waals surface area contributed by atoms with Crippen LogP contribution < -0.4 is 5.32 Å². The molecular formula is C14H16N2O2S. The smallest absolute Gasteiger partial charge is 0.339 e. The highest BCUT2D eigenvalue weighted by molar-refractivity contribution is 7.99. The molecule has 1 heterocycles. The number of anilines is 1. The van der Waals surface area contributed by atoms with Crippen LogP contribution in [0.2, 0.25) is 0 Å². The number of aromatic nitrogens is 1. The summed E-state index contributed by atoms with van der Waals surface area (Å²) in [6, 6.07) is 9.17. The zero-order valence-corrected chi connectivity index (χ0v) is 11.7. The zero-order chi connectivity index (χ0) is 13.8. The second kappa shape index (κ2) is 5.93. The molecule has 4 nitrogen and oxygen atoms in total. The van der Waals surface area contributed by atoms with Crippen molar-refractivity contribution in [2.24, 2.45) is 0 Å². The lowest BCUT2D eigenvalue weighted by molar-refractivity contribution is 0.0698. The number of hydrogen-bond donors (Lipinski definition) is 2. The summed E-state index contributed by atoms with van der Waals surface area (Å²) >= 11 is 1.72. The van der Waals surface area contributed by atoms with Gasteiger partial charge < -0.3 is 10.4 Å². The summed E-state index contributed by atoms with van der Waals surface area (Å²) in [4.78, 5) is 15.7. The van der Waals surface area contributed by atoms with E-state index in [4.69, 9.17) is 0 Å². The van der Waals surface area contributed by atoms with E-state index in [2.05, 4.69) is 17.2 Å². The number of rotatable bonds is 5. The maximum Gasteiger partial charge on any atom is 0.339 e. The van der Waals surface area contributed by atoms with Crippen molar-refractivity contribution >= 4 is 34.5 Å². The predicted octanol–water partition coefficient (Wildman–Crippen LogP) is 3.10. The summed E-state index contributed by atoms with van der Waals surface area (Å²) in [6.45, 7) is 2.77.